The van der Waals surface area contributed by atoms with E-state index >= 15 is 0 Å². The fourth-order valence-corrected chi connectivity index (χ4v) is 3.75. The molecule has 0 aromatic carbocycles. The van der Waals surface area contributed by atoms with E-state index in [0.29, 0.717) is 0 Å². The highest BCUT2D eigenvalue weighted by Crippen LogP contribution is 2.36. The van der Waals surface area contributed by atoms with Gasteiger partial charge in [0.05, 0.1) is 16.1 Å². The molecule has 0 unspecified atom stereocenters. The third kappa shape index (κ3) is 3.77. The molecule has 1 aliphatic rings. The molecule has 0 atom stereocenters. The molecule has 24 heavy (non-hydrogen) atoms. The molecule has 3 N–H and O–H groups in total. The van der Waals surface area contributed by atoms with Crippen LogP contribution in [-0.4, -0.2) is 33.9 Å². The lowest BCUT2D eigenvalue weighted by atomic mass is 10.0. The predicted octanol–water partition coefficient (Wildman–Crippen LogP) is 3.36. The predicted molar refractivity (Wildman–Crippen MR) is 96.6 cm³/mol. The average molecular weight is 368 g/mol. The standard InChI is InChI=1S/C15H18ClN5O2S/c16-12-7-18-15(17)14(21(22)23)13(12)19-11-1-4-20(5-2-11)8-10-3-6-24-9-10/h3,6-7,9,11H,1-2,4-5,8H2,(H3,17,18,19). The molecule has 0 amide bonds. The van der Waals surface area contributed by atoms with E-state index in [2.05, 4.69) is 32.0 Å². The molecule has 1 saturated heterocycles. The van der Waals surface area contributed by atoms with Crippen molar-refractivity contribution in [3.63, 3.8) is 0 Å². The molecule has 0 saturated carbocycles. The van der Waals surface area contributed by atoms with Crippen molar-refractivity contribution in [2.45, 2.75) is 25.4 Å². The summed E-state index contributed by atoms with van der Waals surface area (Å²) < 4.78 is 0. The zero-order valence-corrected chi connectivity index (χ0v) is 14.5. The van der Waals surface area contributed by atoms with Gasteiger partial charge in [0.2, 0.25) is 5.82 Å². The van der Waals surface area contributed by atoms with Gasteiger partial charge in [0, 0.05) is 25.7 Å². The smallest absolute Gasteiger partial charge is 0.335 e. The van der Waals surface area contributed by atoms with Crippen LogP contribution >= 0.6 is 22.9 Å². The number of hydrogen-bond acceptors (Lipinski definition) is 7. The highest BCUT2D eigenvalue weighted by molar-refractivity contribution is 7.07. The van der Waals surface area contributed by atoms with Crippen molar-refractivity contribution in [3.8, 4) is 0 Å². The molecule has 2 aromatic heterocycles. The number of nitrogens with zero attached hydrogens (tertiary/aromatic N) is 3. The number of nitro groups is 1. The number of piperidine rings is 1. The van der Waals surface area contributed by atoms with Gasteiger partial charge in [-0.2, -0.15) is 11.3 Å². The number of likely N-dealkylation sites (tertiary alicyclic amines) is 1. The van der Waals surface area contributed by atoms with Crippen LogP contribution in [0.15, 0.2) is 23.0 Å². The van der Waals surface area contributed by atoms with Crippen molar-refractivity contribution in [2.24, 2.45) is 0 Å². The van der Waals surface area contributed by atoms with Gasteiger partial charge in [-0.05, 0) is 35.2 Å². The van der Waals surface area contributed by atoms with Crippen LogP contribution in [0.25, 0.3) is 0 Å². The summed E-state index contributed by atoms with van der Waals surface area (Å²) in [5, 5.41) is 18.9. The molecule has 1 fully saturated rings. The molecular formula is C15H18ClN5O2S. The second-order valence-electron chi connectivity index (χ2n) is 5.80. The minimum Gasteiger partial charge on any atom is -0.378 e. The van der Waals surface area contributed by atoms with Gasteiger partial charge in [-0.25, -0.2) is 4.98 Å². The van der Waals surface area contributed by atoms with Crippen LogP contribution in [0.4, 0.5) is 17.2 Å². The number of hydrogen-bond donors (Lipinski definition) is 2. The topological polar surface area (TPSA) is 97.3 Å². The Morgan fingerprint density at radius 1 is 1.50 bits per heavy atom. The van der Waals surface area contributed by atoms with Gasteiger partial charge in [-0.3, -0.25) is 15.0 Å². The summed E-state index contributed by atoms with van der Waals surface area (Å²) in [7, 11) is 0. The molecule has 7 nitrogen and oxygen atoms in total. The normalized spacial score (nSPS) is 16.2. The Balaban J connectivity index is 1.64. The molecular weight excluding hydrogens is 350 g/mol. The molecule has 0 radical (unpaired) electrons. The molecule has 128 valence electrons. The maximum atomic E-state index is 11.2. The minimum atomic E-state index is -0.539. The number of nitrogens with one attached hydrogen (secondary N) is 1. The van der Waals surface area contributed by atoms with E-state index in [-0.39, 0.29) is 28.3 Å². The summed E-state index contributed by atoms with van der Waals surface area (Å²) in [6.07, 6.45) is 3.12. The summed E-state index contributed by atoms with van der Waals surface area (Å²) in [4.78, 5) is 16.9. The fraction of sp³-hybridized carbons (Fsp3) is 0.400. The quantitative estimate of drug-likeness (QED) is 0.621. The first-order chi connectivity index (χ1) is 11.5. The van der Waals surface area contributed by atoms with Gasteiger partial charge < -0.3 is 11.1 Å². The van der Waals surface area contributed by atoms with Crippen molar-refractivity contribution >= 4 is 40.1 Å². The summed E-state index contributed by atoms with van der Waals surface area (Å²) >= 11 is 7.80. The number of rotatable bonds is 5. The van der Waals surface area contributed by atoms with Gasteiger partial charge in [-0.15, -0.1) is 0 Å². The molecule has 3 rings (SSSR count). The van der Waals surface area contributed by atoms with Gasteiger partial charge in [0.25, 0.3) is 0 Å². The van der Waals surface area contributed by atoms with Gasteiger partial charge in [0.1, 0.15) is 5.69 Å². The minimum absolute atomic E-state index is 0.123. The molecule has 3 heterocycles. The number of thiophene rings is 1. The summed E-state index contributed by atoms with van der Waals surface area (Å²) in [6.45, 7) is 2.80. The Kier molecular flexibility index (Phi) is 5.17. The Bertz CT molecular complexity index is 717. The van der Waals surface area contributed by atoms with Crippen LogP contribution in [0.1, 0.15) is 18.4 Å². The number of nitrogens with two attached hydrogens (primary N) is 1. The van der Waals surface area contributed by atoms with Crippen molar-refractivity contribution < 1.29 is 4.92 Å². The zero-order chi connectivity index (χ0) is 17.1. The largest absolute Gasteiger partial charge is 0.378 e. The molecule has 2 aromatic rings. The van der Waals surface area contributed by atoms with Gasteiger partial charge >= 0.3 is 5.69 Å². The Hall–Kier alpha value is -1.90. The van der Waals surface area contributed by atoms with Crippen molar-refractivity contribution in [1.29, 1.82) is 0 Å². The van der Waals surface area contributed by atoms with E-state index in [1.165, 1.54) is 11.8 Å². The maximum Gasteiger partial charge on any atom is 0.335 e. The van der Waals surface area contributed by atoms with E-state index in [1.807, 2.05) is 0 Å². The third-order valence-corrected chi connectivity index (χ3v) is 5.16. The number of anilines is 2. The fourth-order valence-electron chi connectivity index (χ4n) is 2.90. The first kappa shape index (κ1) is 16.9. The molecule has 9 heteroatoms. The number of pyridine rings is 1. The lowest BCUT2D eigenvalue weighted by Gasteiger charge is -2.32. The number of aromatic nitrogens is 1. The summed E-state index contributed by atoms with van der Waals surface area (Å²) in [5.74, 6) is -0.123. The second-order valence-corrected chi connectivity index (χ2v) is 6.99. The van der Waals surface area contributed by atoms with Crippen molar-refractivity contribution in [2.75, 3.05) is 24.1 Å². The Morgan fingerprint density at radius 2 is 2.25 bits per heavy atom. The lowest BCUT2D eigenvalue weighted by molar-refractivity contribution is -0.383. The Labute approximate surface area is 148 Å². The van der Waals surface area contributed by atoms with E-state index in [9.17, 15) is 10.1 Å². The van der Waals surface area contributed by atoms with E-state index < -0.39 is 4.92 Å². The van der Waals surface area contributed by atoms with Crippen LogP contribution in [0.2, 0.25) is 5.02 Å². The van der Waals surface area contributed by atoms with Crippen molar-refractivity contribution in [1.82, 2.24) is 9.88 Å². The maximum absolute atomic E-state index is 11.2. The van der Waals surface area contributed by atoms with E-state index in [1.54, 1.807) is 11.3 Å². The highest BCUT2D eigenvalue weighted by Gasteiger charge is 2.26. The first-order valence-corrected chi connectivity index (χ1v) is 8.95. The highest BCUT2D eigenvalue weighted by atomic mass is 35.5. The van der Waals surface area contributed by atoms with Crippen LogP contribution in [0.5, 0.6) is 0 Å². The van der Waals surface area contributed by atoms with Crippen LogP contribution in [0, 0.1) is 10.1 Å². The Morgan fingerprint density at radius 3 is 2.88 bits per heavy atom. The molecule has 0 spiro atoms. The monoisotopic (exact) mass is 367 g/mol. The first-order valence-electron chi connectivity index (χ1n) is 7.63. The number of halogens is 1. The molecule has 1 aliphatic heterocycles. The zero-order valence-electron chi connectivity index (χ0n) is 12.9. The van der Waals surface area contributed by atoms with E-state index in [0.717, 1.165) is 32.5 Å². The van der Waals surface area contributed by atoms with Crippen LogP contribution in [-0.2, 0) is 6.54 Å². The van der Waals surface area contributed by atoms with E-state index in [4.69, 9.17) is 17.3 Å². The summed E-state index contributed by atoms with van der Waals surface area (Å²) in [5.41, 5.74) is 6.98. The number of nitrogen functional groups attached to an aromatic ring is 1. The van der Waals surface area contributed by atoms with Gasteiger partial charge in [0.15, 0.2) is 0 Å². The van der Waals surface area contributed by atoms with Crippen molar-refractivity contribution in [3.05, 3.63) is 43.7 Å². The summed E-state index contributed by atoms with van der Waals surface area (Å²) in [6, 6.07) is 2.26. The average Bonchev–Trinajstić information content (AvgIpc) is 3.05. The second kappa shape index (κ2) is 7.33. The van der Waals surface area contributed by atoms with Crippen LogP contribution < -0.4 is 11.1 Å². The SMILES string of the molecule is Nc1ncc(Cl)c(NC2CCN(Cc3ccsc3)CC2)c1[N+](=O)[O-]. The third-order valence-electron chi connectivity index (χ3n) is 4.14. The van der Waals surface area contributed by atoms with Crippen LogP contribution in [0.3, 0.4) is 0 Å². The molecule has 0 aliphatic carbocycles. The molecule has 0 bridgehead atoms. The van der Waals surface area contributed by atoms with Gasteiger partial charge in [-0.1, -0.05) is 11.6 Å². The lowest BCUT2D eigenvalue weighted by Crippen LogP contribution is -2.38.